The van der Waals surface area contributed by atoms with Crippen molar-refractivity contribution in [2.75, 3.05) is 0 Å². The molecule has 0 saturated heterocycles. The molecule has 2 heteroatoms. The molecular formula is C10H12N2. The molecule has 0 amide bonds. The van der Waals surface area contributed by atoms with E-state index >= 15 is 0 Å². The Balaban J connectivity index is 2.48. The van der Waals surface area contributed by atoms with E-state index in [9.17, 15) is 0 Å². The minimum Gasteiger partial charge on any atom is -0.275 e. The quantitative estimate of drug-likeness (QED) is 0.568. The number of rotatable bonds is 1. The SMILES string of the molecule is C#CC1(c2cn(C)nc2C)CC1. The van der Waals surface area contributed by atoms with Crippen LogP contribution < -0.4 is 0 Å². The lowest BCUT2D eigenvalue weighted by Gasteiger charge is -2.03. The molecule has 2 nitrogen and oxygen atoms in total. The van der Waals surface area contributed by atoms with Gasteiger partial charge in [0.2, 0.25) is 0 Å². The first-order chi connectivity index (χ1) is 5.68. The molecule has 0 aromatic carbocycles. The zero-order chi connectivity index (χ0) is 8.77. The molecule has 1 aromatic rings. The van der Waals surface area contributed by atoms with E-state index in [1.807, 2.05) is 24.9 Å². The van der Waals surface area contributed by atoms with Crippen molar-refractivity contribution in [3.8, 4) is 12.3 Å². The maximum atomic E-state index is 5.49. The lowest BCUT2D eigenvalue weighted by molar-refractivity contribution is 0.756. The van der Waals surface area contributed by atoms with E-state index in [1.54, 1.807) is 0 Å². The standard InChI is InChI=1S/C10H12N2/c1-4-10(5-6-10)9-7-12(3)11-8(9)2/h1,7H,5-6H2,2-3H3. The highest BCUT2D eigenvalue weighted by atomic mass is 15.2. The highest BCUT2D eigenvalue weighted by Crippen LogP contribution is 2.48. The first-order valence-corrected chi connectivity index (χ1v) is 4.16. The molecule has 0 atom stereocenters. The van der Waals surface area contributed by atoms with Gasteiger partial charge >= 0.3 is 0 Å². The van der Waals surface area contributed by atoms with Crippen molar-refractivity contribution in [3.05, 3.63) is 17.5 Å². The van der Waals surface area contributed by atoms with Crippen LogP contribution in [0.1, 0.15) is 24.1 Å². The summed E-state index contributed by atoms with van der Waals surface area (Å²) in [4.78, 5) is 0. The first kappa shape index (κ1) is 7.42. The summed E-state index contributed by atoms with van der Waals surface area (Å²) in [7, 11) is 1.93. The van der Waals surface area contributed by atoms with Gasteiger partial charge in [0.05, 0.1) is 11.1 Å². The van der Waals surface area contributed by atoms with Crippen molar-refractivity contribution >= 4 is 0 Å². The largest absolute Gasteiger partial charge is 0.275 e. The van der Waals surface area contributed by atoms with Crippen molar-refractivity contribution < 1.29 is 0 Å². The molecule has 1 aliphatic carbocycles. The number of aryl methyl sites for hydroxylation is 2. The third kappa shape index (κ3) is 0.863. The molecule has 0 radical (unpaired) electrons. The van der Waals surface area contributed by atoms with Gasteiger partial charge in [0, 0.05) is 18.8 Å². The Kier molecular flexibility index (Phi) is 1.32. The van der Waals surface area contributed by atoms with Gasteiger partial charge in [0.25, 0.3) is 0 Å². The molecule has 1 aliphatic rings. The molecule has 62 valence electrons. The van der Waals surface area contributed by atoms with Crippen LogP contribution in [0, 0.1) is 19.3 Å². The van der Waals surface area contributed by atoms with Gasteiger partial charge in [0.1, 0.15) is 0 Å². The summed E-state index contributed by atoms with van der Waals surface area (Å²) >= 11 is 0. The van der Waals surface area contributed by atoms with Crippen LogP contribution in [0.4, 0.5) is 0 Å². The van der Waals surface area contributed by atoms with Gasteiger partial charge < -0.3 is 0 Å². The predicted octanol–water partition coefficient (Wildman–Crippen LogP) is 1.39. The van der Waals surface area contributed by atoms with E-state index in [2.05, 4.69) is 11.0 Å². The summed E-state index contributed by atoms with van der Waals surface area (Å²) in [6, 6.07) is 0. The van der Waals surface area contributed by atoms with E-state index in [-0.39, 0.29) is 5.41 Å². The number of terminal acetylenes is 1. The Bertz CT molecular complexity index is 350. The second-order valence-corrected chi connectivity index (χ2v) is 3.53. The molecule has 0 aliphatic heterocycles. The zero-order valence-corrected chi connectivity index (χ0v) is 7.46. The Hall–Kier alpha value is -1.23. The maximum absolute atomic E-state index is 5.49. The average molecular weight is 160 g/mol. The molecule has 12 heavy (non-hydrogen) atoms. The third-order valence-electron chi connectivity index (χ3n) is 2.56. The van der Waals surface area contributed by atoms with Crippen molar-refractivity contribution in [3.63, 3.8) is 0 Å². The van der Waals surface area contributed by atoms with Crippen LogP contribution in [-0.2, 0) is 12.5 Å². The fourth-order valence-electron chi connectivity index (χ4n) is 1.69. The molecule has 2 rings (SSSR count). The Morgan fingerprint density at radius 3 is 2.67 bits per heavy atom. The van der Waals surface area contributed by atoms with E-state index in [0.29, 0.717) is 0 Å². The summed E-state index contributed by atoms with van der Waals surface area (Å²) < 4.78 is 1.84. The molecule has 1 aromatic heterocycles. The third-order valence-corrected chi connectivity index (χ3v) is 2.56. The minimum absolute atomic E-state index is 0.0400. The van der Waals surface area contributed by atoms with Crippen molar-refractivity contribution in [2.24, 2.45) is 7.05 Å². The van der Waals surface area contributed by atoms with E-state index in [0.717, 1.165) is 18.5 Å². The van der Waals surface area contributed by atoms with Crippen LogP contribution in [0.5, 0.6) is 0 Å². The number of hydrogen-bond donors (Lipinski definition) is 0. The summed E-state index contributed by atoms with van der Waals surface area (Å²) in [5, 5.41) is 4.29. The summed E-state index contributed by atoms with van der Waals surface area (Å²) in [5.41, 5.74) is 2.36. The first-order valence-electron chi connectivity index (χ1n) is 4.16. The van der Waals surface area contributed by atoms with E-state index in [4.69, 9.17) is 6.42 Å². The molecular weight excluding hydrogens is 148 g/mol. The van der Waals surface area contributed by atoms with Crippen LogP contribution in [0.15, 0.2) is 6.20 Å². The lowest BCUT2D eigenvalue weighted by Crippen LogP contribution is -2.02. The fraction of sp³-hybridized carbons (Fsp3) is 0.500. The van der Waals surface area contributed by atoms with E-state index < -0.39 is 0 Å². The van der Waals surface area contributed by atoms with Crippen molar-refractivity contribution in [1.29, 1.82) is 0 Å². The summed E-state index contributed by atoms with van der Waals surface area (Å²) in [6.07, 6.45) is 9.78. The van der Waals surface area contributed by atoms with Crippen molar-refractivity contribution in [1.82, 2.24) is 9.78 Å². The molecule has 1 fully saturated rings. The van der Waals surface area contributed by atoms with Gasteiger partial charge in [0.15, 0.2) is 0 Å². The number of nitrogens with zero attached hydrogens (tertiary/aromatic N) is 2. The van der Waals surface area contributed by atoms with Crippen LogP contribution >= 0.6 is 0 Å². The highest BCUT2D eigenvalue weighted by Gasteiger charge is 2.44. The highest BCUT2D eigenvalue weighted by molar-refractivity contribution is 5.41. The van der Waals surface area contributed by atoms with Gasteiger partial charge in [-0.25, -0.2) is 0 Å². The number of aromatic nitrogens is 2. The van der Waals surface area contributed by atoms with Crippen molar-refractivity contribution in [2.45, 2.75) is 25.2 Å². The summed E-state index contributed by atoms with van der Waals surface area (Å²) in [5.74, 6) is 2.87. The summed E-state index contributed by atoms with van der Waals surface area (Å²) in [6.45, 7) is 2.02. The topological polar surface area (TPSA) is 17.8 Å². The van der Waals surface area contributed by atoms with Gasteiger partial charge in [-0.1, -0.05) is 5.92 Å². The van der Waals surface area contributed by atoms with Crippen LogP contribution in [0.25, 0.3) is 0 Å². The Morgan fingerprint density at radius 2 is 2.33 bits per heavy atom. The molecule has 0 bridgehead atoms. The predicted molar refractivity (Wildman–Crippen MR) is 47.7 cm³/mol. The van der Waals surface area contributed by atoms with Gasteiger partial charge in [-0.15, -0.1) is 6.42 Å². The van der Waals surface area contributed by atoms with Gasteiger partial charge in [-0.05, 0) is 19.8 Å². The van der Waals surface area contributed by atoms with Crippen LogP contribution in [-0.4, -0.2) is 9.78 Å². The van der Waals surface area contributed by atoms with Gasteiger partial charge in [-0.3, -0.25) is 4.68 Å². The Labute approximate surface area is 72.6 Å². The Morgan fingerprint density at radius 1 is 1.67 bits per heavy atom. The smallest absolute Gasteiger partial charge is 0.0640 e. The van der Waals surface area contributed by atoms with Gasteiger partial charge in [-0.2, -0.15) is 5.10 Å². The van der Waals surface area contributed by atoms with Crippen LogP contribution in [0.2, 0.25) is 0 Å². The number of hydrogen-bond acceptors (Lipinski definition) is 1. The maximum Gasteiger partial charge on any atom is 0.0640 e. The normalized spacial score (nSPS) is 18.8. The molecule has 0 N–H and O–H groups in total. The minimum atomic E-state index is 0.0400. The monoisotopic (exact) mass is 160 g/mol. The lowest BCUT2D eigenvalue weighted by atomic mass is 9.98. The second-order valence-electron chi connectivity index (χ2n) is 3.53. The molecule has 1 heterocycles. The molecule has 1 saturated carbocycles. The molecule has 0 unspecified atom stereocenters. The second kappa shape index (κ2) is 2.13. The van der Waals surface area contributed by atoms with E-state index in [1.165, 1.54) is 5.56 Å². The average Bonchev–Trinajstić information content (AvgIpc) is 2.74. The molecule has 0 spiro atoms. The zero-order valence-electron chi connectivity index (χ0n) is 7.46. The fourth-order valence-corrected chi connectivity index (χ4v) is 1.69. The van der Waals surface area contributed by atoms with Crippen LogP contribution in [0.3, 0.4) is 0 Å².